The fraction of sp³-hybridized carbons (Fsp3) is 0.364. The number of ether oxygens (including phenoxy) is 2. The molecule has 3 rings (SSSR count). The Hall–Kier alpha value is -2.95. The van der Waals surface area contributed by atoms with Crippen molar-refractivity contribution in [2.45, 2.75) is 31.8 Å². The summed E-state index contributed by atoms with van der Waals surface area (Å²) in [4.78, 5) is 24.8. The van der Waals surface area contributed by atoms with Gasteiger partial charge < -0.3 is 9.47 Å². The van der Waals surface area contributed by atoms with E-state index >= 15 is 0 Å². The van der Waals surface area contributed by atoms with Gasteiger partial charge in [-0.1, -0.05) is 18.2 Å². The van der Waals surface area contributed by atoms with E-state index in [0.29, 0.717) is 19.0 Å². The van der Waals surface area contributed by atoms with E-state index in [1.807, 2.05) is 26.0 Å². The Bertz CT molecular complexity index is 1100. The first-order chi connectivity index (χ1) is 15.2. The van der Waals surface area contributed by atoms with E-state index < -0.39 is 27.9 Å². The number of aryl methyl sites for hydroxylation is 1. The molecule has 1 atom stereocenters. The summed E-state index contributed by atoms with van der Waals surface area (Å²) in [5.74, 6) is -0.604. The van der Waals surface area contributed by atoms with Crippen LogP contribution in [0, 0.1) is 13.8 Å². The van der Waals surface area contributed by atoms with Crippen molar-refractivity contribution < 1.29 is 27.5 Å². The number of carbonyl (C=O) groups excluding carboxylic acids is 2. The van der Waals surface area contributed by atoms with Crippen LogP contribution in [0.25, 0.3) is 0 Å². The number of hydrogen-bond acceptors (Lipinski definition) is 6. The zero-order valence-electron chi connectivity index (χ0n) is 18.3. The Morgan fingerprint density at radius 2 is 1.75 bits per heavy atom. The molecule has 1 aliphatic rings. The van der Waals surface area contributed by atoms with Crippen LogP contribution in [0.4, 0.5) is 0 Å². The summed E-state index contributed by atoms with van der Waals surface area (Å²) >= 11 is 0. The molecule has 172 valence electrons. The lowest BCUT2D eigenvalue weighted by Gasteiger charge is -2.26. The van der Waals surface area contributed by atoms with Crippen molar-refractivity contribution >= 4 is 21.8 Å². The molecule has 10 heteroatoms. The number of carbonyl (C=O) groups is 2. The Labute approximate surface area is 187 Å². The summed E-state index contributed by atoms with van der Waals surface area (Å²) in [6.45, 7) is 6.58. The maximum Gasteiger partial charge on any atom is 0.279 e. The maximum absolute atomic E-state index is 12.8. The number of hydrogen-bond donors (Lipinski definition) is 2. The van der Waals surface area contributed by atoms with Gasteiger partial charge in [-0.2, -0.15) is 4.31 Å². The molecule has 0 spiro atoms. The summed E-state index contributed by atoms with van der Waals surface area (Å²) in [6, 6.07) is 11.2. The van der Waals surface area contributed by atoms with Crippen molar-refractivity contribution in [1.29, 1.82) is 0 Å². The normalized spacial score (nSPS) is 15.6. The van der Waals surface area contributed by atoms with Crippen LogP contribution in [0.3, 0.4) is 0 Å². The van der Waals surface area contributed by atoms with Gasteiger partial charge in [-0.05, 0) is 56.2 Å². The average Bonchev–Trinajstić information content (AvgIpc) is 2.80. The number of amides is 2. The molecule has 1 heterocycles. The van der Waals surface area contributed by atoms with Gasteiger partial charge in [0.2, 0.25) is 10.0 Å². The van der Waals surface area contributed by atoms with E-state index in [-0.39, 0.29) is 23.5 Å². The molecule has 1 saturated heterocycles. The van der Waals surface area contributed by atoms with E-state index in [1.165, 1.54) is 28.6 Å². The van der Waals surface area contributed by atoms with Gasteiger partial charge in [0.25, 0.3) is 11.8 Å². The molecule has 0 bridgehead atoms. The number of nitrogens with zero attached hydrogens (tertiary/aromatic N) is 1. The Morgan fingerprint density at radius 1 is 1.06 bits per heavy atom. The minimum atomic E-state index is -3.74. The number of sulfonamides is 1. The second-order valence-corrected chi connectivity index (χ2v) is 9.38. The first-order valence-electron chi connectivity index (χ1n) is 10.2. The van der Waals surface area contributed by atoms with Gasteiger partial charge in [0.15, 0.2) is 6.10 Å². The molecule has 2 N–H and O–H groups in total. The fourth-order valence-electron chi connectivity index (χ4n) is 3.12. The standard InChI is InChI=1S/C22H27N3O6S/c1-15-6-4-9-20(16(15)2)31-17(3)21(26)23-24-22(27)18-7-5-8-19(14-18)32(28,29)25-10-12-30-13-11-25/h4-9,14,17H,10-13H2,1-3H3,(H,23,26)(H,24,27). The number of nitrogens with one attached hydrogen (secondary N) is 2. The first kappa shape index (κ1) is 23.7. The molecule has 0 aliphatic carbocycles. The first-order valence-corrected chi connectivity index (χ1v) is 11.6. The fourth-order valence-corrected chi connectivity index (χ4v) is 4.58. The monoisotopic (exact) mass is 461 g/mol. The average molecular weight is 462 g/mol. The summed E-state index contributed by atoms with van der Waals surface area (Å²) in [5, 5.41) is 0. The summed E-state index contributed by atoms with van der Waals surface area (Å²) in [5.41, 5.74) is 6.68. The van der Waals surface area contributed by atoms with Crippen LogP contribution in [-0.4, -0.2) is 56.9 Å². The van der Waals surface area contributed by atoms with E-state index in [0.717, 1.165) is 11.1 Å². The van der Waals surface area contributed by atoms with Gasteiger partial charge in [0, 0.05) is 18.7 Å². The molecule has 0 radical (unpaired) electrons. The van der Waals surface area contributed by atoms with Gasteiger partial charge in [-0.25, -0.2) is 8.42 Å². The number of rotatable bonds is 6. The quantitative estimate of drug-likeness (QED) is 0.631. The topological polar surface area (TPSA) is 114 Å². The van der Waals surface area contributed by atoms with Crippen LogP contribution >= 0.6 is 0 Å². The van der Waals surface area contributed by atoms with Crippen molar-refractivity contribution in [3.05, 3.63) is 59.2 Å². The molecule has 0 aromatic heterocycles. The van der Waals surface area contributed by atoms with Gasteiger partial charge >= 0.3 is 0 Å². The third-order valence-electron chi connectivity index (χ3n) is 5.23. The molecule has 9 nitrogen and oxygen atoms in total. The highest BCUT2D eigenvalue weighted by Gasteiger charge is 2.27. The highest BCUT2D eigenvalue weighted by atomic mass is 32.2. The minimum absolute atomic E-state index is 0.00463. The smallest absolute Gasteiger partial charge is 0.279 e. The number of hydrazine groups is 1. The predicted octanol–water partition coefficient (Wildman–Crippen LogP) is 1.55. The predicted molar refractivity (Wildman–Crippen MR) is 118 cm³/mol. The lowest BCUT2D eigenvalue weighted by molar-refractivity contribution is -0.128. The molecule has 2 aromatic carbocycles. The van der Waals surface area contributed by atoms with E-state index in [9.17, 15) is 18.0 Å². The number of benzene rings is 2. The van der Waals surface area contributed by atoms with Gasteiger partial charge in [-0.3, -0.25) is 20.4 Å². The van der Waals surface area contributed by atoms with Crippen LogP contribution in [0.1, 0.15) is 28.4 Å². The Morgan fingerprint density at radius 3 is 2.47 bits per heavy atom. The van der Waals surface area contributed by atoms with Crippen LogP contribution < -0.4 is 15.6 Å². The molecule has 0 saturated carbocycles. The second kappa shape index (κ2) is 10.1. The van der Waals surface area contributed by atoms with Crippen LogP contribution in [0.15, 0.2) is 47.4 Å². The van der Waals surface area contributed by atoms with E-state index in [1.54, 1.807) is 13.0 Å². The molecule has 2 amide bonds. The summed E-state index contributed by atoms with van der Waals surface area (Å²) in [7, 11) is -3.74. The van der Waals surface area contributed by atoms with Gasteiger partial charge in [-0.15, -0.1) is 0 Å². The lowest BCUT2D eigenvalue weighted by Crippen LogP contribution is -2.47. The van der Waals surface area contributed by atoms with Crippen LogP contribution in [0.2, 0.25) is 0 Å². The van der Waals surface area contributed by atoms with Crippen molar-refractivity contribution in [1.82, 2.24) is 15.2 Å². The van der Waals surface area contributed by atoms with Crippen LogP contribution in [-0.2, 0) is 19.6 Å². The largest absolute Gasteiger partial charge is 0.481 e. The molecular weight excluding hydrogens is 434 g/mol. The third kappa shape index (κ3) is 5.45. The van der Waals surface area contributed by atoms with E-state index in [2.05, 4.69) is 10.9 Å². The van der Waals surface area contributed by atoms with Gasteiger partial charge in [0.1, 0.15) is 5.75 Å². The molecular formula is C22H27N3O6S. The van der Waals surface area contributed by atoms with Crippen molar-refractivity contribution in [2.24, 2.45) is 0 Å². The Kier molecular flexibility index (Phi) is 7.49. The molecule has 1 unspecified atom stereocenters. The minimum Gasteiger partial charge on any atom is -0.481 e. The molecule has 32 heavy (non-hydrogen) atoms. The van der Waals surface area contributed by atoms with Crippen molar-refractivity contribution in [3.63, 3.8) is 0 Å². The SMILES string of the molecule is Cc1cccc(OC(C)C(=O)NNC(=O)c2cccc(S(=O)(=O)N3CCOCC3)c2)c1C. The third-order valence-corrected chi connectivity index (χ3v) is 7.13. The summed E-state index contributed by atoms with van der Waals surface area (Å²) < 4.78 is 37.8. The molecule has 1 aliphatic heterocycles. The zero-order chi connectivity index (χ0) is 23.3. The highest BCUT2D eigenvalue weighted by Crippen LogP contribution is 2.22. The Balaban J connectivity index is 1.61. The summed E-state index contributed by atoms with van der Waals surface area (Å²) in [6.07, 6.45) is -0.858. The zero-order valence-corrected chi connectivity index (χ0v) is 19.1. The second-order valence-electron chi connectivity index (χ2n) is 7.45. The lowest BCUT2D eigenvalue weighted by atomic mass is 10.1. The number of morpholine rings is 1. The van der Waals surface area contributed by atoms with Gasteiger partial charge in [0.05, 0.1) is 18.1 Å². The molecule has 2 aromatic rings. The van der Waals surface area contributed by atoms with E-state index in [4.69, 9.17) is 9.47 Å². The highest BCUT2D eigenvalue weighted by molar-refractivity contribution is 7.89. The molecule has 1 fully saturated rings. The van der Waals surface area contributed by atoms with Crippen molar-refractivity contribution in [2.75, 3.05) is 26.3 Å². The maximum atomic E-state index is 12.8. The van der Waals surface area contributed by atoms with Crippen LogP contribution in [0.5, 0.6) is 5.75 Å². The van der Waals surface area contributed by atoms with Crippen molar-refractivity contribution in [3.8, 4) is 5.75 Å².